The Bertz CT molecular complexity index is 1080. The fraction of sp³-hybridized carbons (Fsp3) is 0.200. The minimum Gasteiger partial charge on any atom is -0.361 e. The Hall–Kier alpha value is -2.58. The number of H-pyrrole nitrogens is 1. The number of hydrogen-bond acceptors (Lipinski definition) is 2. The lowest BCUT2D eigenvalue weighted by molar-refractivity contribution is 0.697. The van der Waals surface area contributed by atoms with E-state index in [1.807, 2.05) is 49.1 Å². The lowest BCUT2D eigenvalue weighted by Gasteiger charge is -2.09. The number of fused-ring (bicyclic) bond motifs is 2. The molecule has 0 radical (unpaired) electrons. The van der Waals surface area contributed by atoms with Gasteiger partial charge in [-0.3, -0.25) is 4.68 Å². The summed E-state index contributed by atoms with van der Waals surface area (Å²) in [5.74, 6) is 0. The first-order valence-electron chi connectivity index (χ1n) is 8.28. The number of nitrogens with zero attached hydrogens (tertiary/aromatic N) is 3. The number of nitrogens with one attached hydrogen (secondary N) is 1. The highest BCUT2D eigenvalue weighted by Gasteiger charge is 2.11. The molecule has 0 bridgehead atoms. The van der Waals surface area contributed by atoms with Crippen molar-refractivity contribution in [1.82, 2.24) is 14.8 Å². The molecule has 0 aliphatic rings. The number of aryl methyl sites for hydroxylation is 1. The third-order valence-electron chi connectivity index (χ3n) is 4.10. The Morgan fingerprint density at radius 1 is 1.24 bits per heavy atom. The van der Waals surface area contributed by atoms with E-state index in [2.05, 4.69) is 51.1 Å². The number of aromatic amines is 1. The molecule has 1 N–H and O–H groups in total. The first kappa shape index (κ1) is 17.2. The van der Waals surface area contributed by atoms with Gasteiger partial charge in [-0.2, -0.15) is 10.4 Å². The Morgan fingerprint density at radius 3 is 2.80 bits per heavy atom. The van der Waals surface area contributed by atoms with Gasteiger partial charge in [-0.05, 0) is 48.4 Å². The highest BCUT2D eigenvalue weighted by molar-refractivity contribution is 9.10. The summed E-state index contributed by atoms with van der Waals surface area (Å²) in [4.78, 5) is 3.30. The van der Waals surface area contributed by atoms with Gasteiger partial charge in [0.25, 0.3) is 0 Å². The zero-order valence-electron chi connectivity index (χ0n) is 14.5. The predicted octanol–water partition coefficient (Wildman–Crippen LogP) is 5.53. The van der Waals surface area contributed by atoms with Gasteiger partial charge in [0, 0.05) is 33.2 Å². The average molecular weight is 395 g/mol. The molecule has 4 aromatic rings. The van der Waals surface area contributed by atoms with Gasteiger partial charge in [-0.15, -0.1) is 0 Å². The second-order valence-electron chi connectivity index (χ2n) is 5.63. The van der Waals surface area contributed by atoms with E-state index in [0.717, 1.165) is 20.9 Å². The first-order valence-corrected chi connectivity index (χ1v) is 9.07. The second-order valence-corrected chi connectivity index (χ2v) is 6.49. The standard InChI is InChI=1S/C18H13BrN4.C2H6/c1-11-6-16(19)15(14-4-5-21-18(11)14)10-23-9-13-3-2-12(8-20)7-17(13)22-23;1-2/h2-7,9,21H,10H2,1H3;1-2H3. The molecule has 0 saturated heterocycles. The zero-order valence-corrected chi connectivity index (χ0v) is 16.1. The summed E-state index contributed by atoms with van der Waals surface area (Å²) >= 11 is 3.68. The SMILES string of the molecule is CC.Cc1cc(Br)c(Cn2cc3ccc(C#N)cc3n2)c2cc[nH]c12. The van der Waals surface area contributed by atoms with Crippen molar-refractivity contribution in [3.63, 3.8) is 0 Å². The highest BCUT2D eigenvalue weighted by Crippen LogP contribution is 2.30. The lowest BCUT2D eigenvalue weighted by atomic mass is 10.1. The largest absolute Gasteiger partial charge is 0.361 e. The molecule has 0 unspecified atom stereocenters. The van der Waals surface area contributed by atoms with Crippen molar-refractivity contribution in [2.24, 2.45) is 0 Å². The van der Waals surface area contributed by atoms with E-state index in [0.29, 0.717) is 12.1 Å². The number of halogens is 1. The van der Waals surface area contributed by atoms with Gasteiger partial charge in [0.15, 0.2) is 0 Å². The molecule has 0 spiro atoms. The Kier molecular flexibility index (Phi) is 4.91. The minimum absolute atomic E-state index is 0.632. The summed E-state index contributed by atoms with van der Waals surface area (Å²) in [6.07, 6.45) is 3.98. The summed E-state index contributed by atoms with van der Waals surface area (Å²) in [5.41, 5.74) is 5.04. The Labute approximate surface area is 155 Å². The van der Waals surface area contributed by atoms with Crippen LogP contribution in [0.2, 0.25) is 0 Å². The van der Waals surface area contributed by atoms with Gasteiger partial charge in [0.05, 0.1) is 23.7 Å². The van der Waals surface area contributed by atoms with Gasteiger partial charge in [0.1, 0.15) is 0 Å². The van der Waals surface area contributed by atoms with Crippen LogP contribution >= 0.6 is 15.9 Å². The van der Waals surface area contributed by atoms with Crippen LogP contribution in [0.1, 0.15) is 30.5 Å². The van der Waals surface area contributed by atoms with E-state index in [-0.39, 0.29) is 0 Å². The molecule has 126 valence electrons. The van der Waals surface area contributed by atoms with Gasteiger partial charge < -0.3 is 4.98 Å². The van der Waals surface area contributed by atoms with Crippen LogP contribution < -0.4 is 0 Å². The molecule has 2 heterocycles. The zero-order chi connectivity index (χ0) is 18.0. The third-order valence-corrected chi connectivity index (χ3v) is 4.81. The summed E-state index contributed by atoms with van der Waals surface area (Å²) in [5, 5.41) is 15.9. The summed E-state index contributed by atoms with van der Waals surface area (Å²) in [6.45, 7) is 6.77. The van der Waals surface area contributed by atoms with Crippen molar-refractivity contribution in [3.8, 4) is 6.07 Å². The van der Waals surface area contributed by atoms with Gasteiger partial charge >= 0.3 is 0 Å². The maximum atomic E-state index is 9.00. The molecule has 0 amide bonds. The van der Waals surface area contributed by atoms with E-state index in [1.54, 1.807) is 0 Å². The van der Waals surface area contributed by atoms with Crippen LogP contribution in [0, 0.1) is 18.3 Å². The monoisotopic (exact) mass is 394 g/mol. The van der Waals surface area contributed by atoms with Crippen LogP contribution in [0.4, 0.5) is 0 Å². The van der Waals surface area contributed by atoms with Gasteiger partial charge in [-0.25, -0.2) is 0 Å². The van der Waals surface area contributed by atoms with Crippen LogP contribution in [0.15, 0.2) is 47.2 Å². The molecular formula is C20H19BrN4. The van der Waals surface area contributed by atoms with Gasteiger partial charge in [-0.1, -0.05) is 29.8 Å². The quantitative estimate of drug-likeness (QED) is 0.485. The van der Waals surface area contributed by atoms with Crippen LogP contribution in [0.5, 0.6) is 0 Å². The van der Waals surface area contributed by atoms with Crippen LogP contribution in [0.3, 0.4) is 0 Å². The second kappa shape index (κ2) is 7.12. The number of hydrogen-bond donors (Lipinski definition) is 1. The normalized spacial score (nSPS) is 10.5. The van der Waals surface area contributed by atoms with Crippen molar-refractivity contribution in [3.05, 3.63) is 63.9 Å². The molecule has 0 aliphatic carbocycles. The van der Waals surface area contributed by atoms with Crippen LogP contribution in [-0.2, 0) is 6.54 Å². The number of nitriles is 1. The van der Waals surface area contributed by atoms with E-state index in [9.17, 15) is 0 Å². The lowest BCUT2D eigenvalue weighted by Crippen LogP contribution is -2.02. The van der Waals surface area contributed by atoms with Crippen LogP contribution in [-0.4, -0.2) is 14.8 Å². The van der Waals surface area contributed by atoms with Crippen molar-refractivity contribution >= 4 is 37.7 Å². The summed E-state index contributed by atoms with van der Waals surface area (Å²) < 4.78 is 3.01. The maximum absolute atomic E-state index is 9.00. The van der Waals surface area contributed by atoms with Crippen molar-refractivity contribution in [1.29, 1.82) is 5.26 Å². The molecule has 4 rings (SSSR count). The van der Waals surface area contributed by atoms with E-state index < -0.39 is 0 Å². The molecule has 2 aromatic heterocycles. The van der Waals surface area contributed by atoms with Crippen molar-refractivity contribution in [2.45, 2.75) is 27.3 Å². The van der Waals surface area contributed by atoms with Crippen molar-refractivity contribution in [2.75, 3.05) is 0 Å². The van der Waals surface area contributed by atoms with Crippen LogP contribution in [0.25, 0.3) is 21.8 Å². The molecule has 0 fully saturated rings. The summed E-state index contributed by atoms with van der Waals surface area (Å²) in [7, 11) is 0. The minimum atomic E-state index is 0.632. The fourth-order valence-electron chi connectivity index (χ4n) is 2.97. The summed E-state index contributed by atoms with van der Waals surface area (Å²) in [6, 6.07) is 12.0. The molecule has 0 aliphatic heterocycles. The fourth-order valence-corrected chi connectivity index (χ4v) is 3.65. The van der Waals surface area contributed by atoms with E-state index >= 15 is 0 Å². The number of rotatable bonds is 2. The maximum Gasteiger partial charge on any atom is 0.0992 e. The highest BCUT2D eigenvalue weighted by atomic mass is 79.9. The average Bonchev–Trinajstić information content (AvgIpc) is 3.26. The molecule has 25 heavy (non-hydrogen) atoms. The molecular weight excluding hydrogens is 376 g/mol. The third kappa shape index (κ3) is 3.18. The first-order chi connectivity index (χ1) is 12.2. The molecule has 4 nitrogen and oxygen atoms in total. The van der Waals surface area contributed by atoms with Crippen molar-refractivity contribution < 1.29 is 0 Å². The molecule has 2 aromatic carbocycles. The Balaban J connectivity index is 0.000000880. The number of aromatic nitrogens is 3. The van der Waals surface area contributed by atoms with E-state index in [4.69, 9.17) is 5.26 Å². The predicted molar refractivity (Wildman–Crippen MR) is 106 cm³/mol. The number of benzene rings is 2. The topological polar surface area (TPSA) is 57.4 Å². The molecule has 0 atom stereocenters. The van der Waals surface area contributed by atoms with Gasteiger partial charge in [0.2, 0.25) is 0 Å². The Morgan fingerprint density at radius 2 is 2.04 bits per heavy atom. The molecule has 0 saturated carbocycles. The van der Waals surface area contributed by atoms with E-state index in [1.165, 1.54) is 16.5 Å². The smallest absolute Gasteiger partial charge is 0.0992 e. The molecule has 5 heteroatoms.